The highest BCUT2D eigenvalue weighted by atomic mass is 35.5. The van der Waals surface area contributed by atoms with Gasteiger partial charge in [-0.15, -0.1) is 10.2 Å². The van der Waals surface area contributed by atoms with Crippen LogP contribution in [0.5, 0.6) is 0 Å². The van der Waals surface area contributed by atoms with Gasteiger partial charge in [0.05, 0.1) is 5.75 Å². The highest BCUT2D eigenvalue weighted by Gasteiger charge is 2.19. The lowest BCUT2D eigenvalue weighted by Crippen LogP contribution is -2.46. The van der Waals surface area contributed by atoms with E-state index in [9.17, 15) is 4.79 Å². The summed E-state index contributed by atoms with van der Waals surface area (Å²) in [5, 5.41) is 13.1. The molecular formula is C20H26ClN5OS. The van der Waals surface area contributed by atoms with E-state index in [0.29, 0.717) is 5.75 Å². The van der Waals surface area contributed by atoms with Crippen LogP contribution in [0, 0.1) is 0 Å². The second kappa shape index (κ2) is 9.98. The van der Waals surface area contributed by atoms with Crippen molar-refractivity contribution in [3.8, 4) is 0 Å². The van der Waals surface area contributed by atoms with Crippen LogP contribution in [0.25, 0.3) is 0 Å². The summed E-state index contributed by atoms with van der Waals surface area (Å²) < 4.78 is 0. The van der Waals surface area contributed by atoms with Crippen LogP contribution in [0.2, 0.25) is 5.02 Å². The van der Waals surface area contributed by atoms with Crippen LogP contribution >= 0.6 is 23.4 Å². The summed E-state index contributed by atoms with van der Waals surface area (Å²) >= 11 is 7.51. The molecule has 1 saturated heterocycles. The quantitative estimate of drug-likeness (QED) is 0.693. The van der Waals surface area contributed by atoms with E-state index in [-0.39, 0.29) is 11.9 Å². The van der Waals surface area contributed by atoms with Gasteiger partial charge in [0.15, 0.2) is 5.82 Å². The van der Waals surface area contributed by atoms with Crippen molar-refractivity contribution in [1.82, 2.24) is 15.5 Å². The van der Waals surface area contributed by atoms with Crippen LogP contribution in [0.1, 0.15) is 20.3 Å². The Bertz CT molecular complexity index is 780. The van der Waals surface area contributed by atoms with Crippen molar-refractivity contribution in [1.29, 1.82) is 0 Å². The molecule has 8 heteroatoms. The van der Waals surface area contributed by atoms with Gasteiger partial charge in [-0.3, -0.25) is 4.79 Å². The van der Waals surface area contributed by atoms with Gasteiger partial charge in [-0.1, -0.05) is 36.4 Å². The molecule has 0 saturated carbocycles. The summed E-state index contributed by atoms with van der Waals surface area (Å²) in [5.41, 5.74) is 1.15. The fraction of sp³-hybridized carbons (Fsp3) is 0.450. The Morgan fingerprint density at radius 2 is 1.93 bits per heavy atom. The lowest BCUT2D eigenvalue weighted by molar-refractivity contribution is -0.119. The highest BCUT2D eigenvalue weighted by Crippen LogP contribution is 2.23. The molecule has 1 aliphatic heterocycles. The Morgan fingerprint density at radius 3 is 2.57 bits per heavy atom. The van der Waals surface area contributed by atoms with Gasteiger partial charge in [0.2, 0.25) is 5.91 Å². The SMILES string of the molecule is CC[C@H](C)NC(=O)CSc1ccc(N2CCN(c3cccc(Cl)c3)CC2)nn1. The van der Waals surface area contributed by atoms with Crippen molar-refractivity contribution in [2.45, 2.75) is 31.3 Å². The molecule has 1 N–H and O–H groups in total. The third-order valence-electron chi connectivity index (χ3n) is 4.77. The predicted molar refractivity (Wildman–Crippen MR) is 117 cm³/mol. The smallest absolute Gasteiger partial charge is 0.230 e. The average Bonchev–Trinajstić information content (AvgIpc) is 2.72. The zero-order chi connectivity index (χ0) is 19.9. The molecule has 1 atom stereocenters. The monoisotopic (exact) mass is 419 g/mol. The molecule has 2 aromatic rings. The highest BCUT2D eigenvalue weighted by molar-refractivity contribution is 7.99. The number of benzene rings is 1. The van der Waals surface area contributed by atoms with Crippen LogP contribution < -0.4 is 15.1 Å². The zero-order valence-electron chi connectivity index (χ0n) is 16.3. The minimum Gasteiger partial charge on any atom is -0.368 e. The minimum absolute atomic E-state index is 0.0300. The number of aromatic nitrogens is 2. The molecule has 0 bridgehead atoms. The summed E-state index contributed by atoms with van der Waals surface area (Å²) in [6.07, 6.45) is 0.926. The molecule has 0 aliphatic carbocycles. The first-order valence-corrected chi connectivity index (χ1v) is 10.9. The van der Waals surface area contributed by atoms with Gasteiger partial charge in [0.1, 0.15) is 5.03 Å². The number of rotatable bonds is 7. The Morgan fingerprint density at radius 1 is 1.18 bits per heavy atom. The van der Waals surface area contributed by atoms with E-state index in [1.807, 2.05) is 37.3 Å². The first-order valence-electron chi connectivity index (χ1n) is 9.56. The summed E-state index contributed by atoms with van der Waals surface area (Å²) in [7, 11) is 0. The van der Waals surface area contributed by atoms with E-state index >= 15 is 0 Å². The first kappa shape index (κ1) is 20.7. The van der Waals surface area contributed by atoms with Crippen LogP contribution in [-0.4, -0.2) is 54.1 Å². The van der Waals surface area contributed by atoms with E-state index < -0.39 is 0 Å². The second-order valence-corrected chi connectivity index (χ2v) is 8.28. The molecule has 1 aromatic carbocycles. The van der Waals surface area contributed by atoms with E-state index in [4.69, 9.17) is 11.6 Å². The van der Waals surface area contributed by atoms with Gasteiger partial charge in [-0.2, -0.15) is 0 Å². The standard InChI is InChI=1S/C20H26ClN5OS/c1-3-15(2)22-19(27)14-28-20-8-7-18(23-24-20)26-11-9-25(10-12-26)17-6-4-5-16(21)13-17/h4-8,13,15H,3,9-12,14H2,1-2H3,(H,22,27)/t15-/m0/s1. The molecule has 150 valence electrons. The zero-order valence-corrected chi connectivity index (χ0v) is 17.8. The fourth-order valence-electron chi connectivity index (χ4n) is 2.98. The number of piperazine rings is 1. The van der Waals surface area contributed by atoms with E-state index in [2.05, 4.69) is 38.3 Å². The van der Waals surface area contributed by atoms with Gasteiger partial charge in [-0.05, 0) is 43.7 Å². The average molecular weight is 420 g/mol. The first-order chi connectivity index (χ1) is 13.5. The predicted octanol–water partition coefficient (Wildman–Crippen LogP) is 3.46. The van der Waals surface area contributed by atoms with Crippen molar-refractivity contribution in [2.75, 3.05) is 41.7 Å². The van der Waals surface area contributed by atoms with Crippen LogP contribution in [-0.2, 0) is 4.79 Å². The number of anilines is 2. The number of hydrogen-bond donors (Lipinski definition) is 1. The lowest BCUT2D eigenvalue weighted by Gasteiger charge is -2.36. The Kier molecular flexibility index (Phi) is 7.39. The number of thioether (sulfide) groups is 1. The van der Waals surface area contributed by atoms with Crippen molar-refractivity contribution < 1.29 is 4.79 Å². The van der Waals surface area contributed by atoms with Gasteiger partial charge < -0.3 is 15.1 Å². The van der Waals surface area contributed by atoms with E-state index in [0.717, 1.165) is 54.2 Å². The molecule has 1 aliphatic rings. The van der Waals surface area contributed by atoms with Crippen LogP contribution in [0.4, 0.5) is 11.5 Å². The summed E-state index contributed by atoms with van der Waals surface area (Å²) in [4.78, 5) is 16.4. The van der Waals surface area contributed by atoms with E-state index in [1.54, 1.807) is 0 Å². The van der Waals surface area contributed by atoms with Gasteiger partial charge in [0.25, 0.3) is 0 Å². The molecule has 1 aromatic heterocycles. The van der Waals surface area contributed by atoms with Crippen molar-refractivity contribution in [3.05, 3.63) is 41.4 Å². The summed E-state index contributed by atoms with van der Waals surface area (Å²) in [6, 6.07) is 12.1. The number of nitrogens with one attached hydrogen (secondary N) is 1. The Hall–Kier alpha value is -1.99. The van der Waals surface area contributed by atoms with Gasteiger partial charge >= 0.3 is 0 Å². The molecule has 0 unspecified atom stereocenters. The van der Waals surface area contributed by atoms with Crippen molar-refractivity contribution >= 4 is 40.8 Å². The molecule has 3 rings (SSSR count). The topological polar surface area (TPSA) is 61.4 Å². The van der Waals surface area contributed by atoms with Gasteiger partial charge in [0, 0.05) is 42.9 Å². The van der Waals surface area contributed by atoms with E-state index in [1.165, 1.54) is 11.8 Å². The fourth-order valence-corrected chi connectivity index (χ4v) is 3.79. The minimum atomic E-state index is 0.0300. The Labute approximate surface area is 175 Å². The molecule has 1 amide bonds. The maximum absolute atomic E-state index is 11.9. The third kappa shape index (κ3) is 5.75. The number of carbonyl (C=O) groups excluding carboxylic acids is 1. The molecule has 0 spiro atoms. The number of hydrogen-bond acceptors (Lipinski definition) is 6. The number of carbonyl (C=O) groups is 1. The lowest BCUT2D eigenvalue weighted by atomic mass is 10.2. The summed E-state index contributed by atoms with van der Waals surface area (Å²) in [5.74, 6) is 1.26. The molecule has 6 nitrogen and oxygen atoms in total. The number of halogens is 1. The van der Waals surface area contributed by atoms with Crippen LogP contribution in [0.15, 0.2) is 41.4 Å². The second-order valence-electron chi connectivity index (χ2n) is 6.85. The molecule has 1 fully saturated rings. The van der Waals surface area contributed by atoms with Crippen molar-refractivity contribution in [2.24, 2.45) is 0 Å². The maximum atomic E-state index is 11.9. The molecule has 0 radical (unpaired) electrons. The van der Waals surface area contributed by atoms with Crippen LogP contribution in [0.3, 0.4) is 0 Å². The molecular weight excluding hydrogens is 394 g/mol. The molecule has 2 heterocycles. The largest absolute Gasteiger partial charge is 0.368 e. The summed E-state index contributed by atoms with van der Waals surface area (Å²) in [6.45, 7) is 7.64. The maximum Gasteiger partial charge on any atom is 0.230 e. The number of nitrogens with zero attached hydrogens (tertiary/aromatic N) is 4. The number of amides is 1. The third-order valence-corrected chi connectivity index (χ3v) is 5.93. The normalized spacial score (nSPS) is 15.4. The van der Waals surface area contributed by atoms with Crippen molar-refractivity contribution in [3.63, 3.8) is 0 Å². The molecule has 28 heavy (non-hydrogen) atoms. The van der Waals surface area contributed by atoms with Gasteiger partial charge in [-0.25, -0.2) is 0 Å². The Balaban J connectivity index is 1.48.